The molecular formula is C17H20N4. The summed E-state index contributed by atoms with van der Waals surface area (Å²) in [7, 11) is 0. The highest BCUT2D eigenvalue weighted by atomic mass is 15.3. The number of aryl methyl sites for hydroxylation is 4. The molecule has 0 unspecified atom stereocenters. The molecule has 0 fully saturated rings. The standard InChI is InChI=1S/C17H20N4/c1-12-5-7-16(14(3)18-12)20-9-10-21(11-20)17-8-6-13(2)19-15(17)4/h5-10H,11H2,1-4H3. The van der Waals surface area contributed by atoms with Crippen molar-refractivity contribution in [2.75, 3.05) is 16.5 Å². The molecule has 0 atom stereocenters. The van der Waals surface area contributed by atoms with E-state index in [2.05, 4.69) is 70.3 Å². The predicted octanol–water partition coefficient (Wildman–Crippen LogP) is 3.47. The molecule has 0 bridgehead atoms. The average molecular weight is 280 g/mol. The van der Waals surface area contributed by atoms with Crippen molar-refractivity contribution in [3.8, 4) is 0 Å². The molecule has 0 spiro atoms. The second-order valence-corrected chi connectivity index (χ2v) is 5.49. The number of aromatic nitrogens is 2. The molecule has 2 aromatic heterocycles. The zero-order valence-electron chi connectivity index (χ0n) is 13.0. The fourth-order valence-electron chi connectivity index (χ4n) is 2.70. The van der Waals surface area contributed by atoms with Crippen molar-refractivity contribution in [1.82, 2.24) is 9.97 Å². The molecule has 0 N–H and O–H groups in total. The lowest BCUT2D eigenvalue weighted by atomic mass is 10.2. The van der Waals surface area contributed by atoms with Crippen LogP contribution in [0.4, 0.5) is 11.4 Å². The normalized spacial score (nSPS) is 14.1. The Morgan fingerprint density at radius 2 is 1.14 bits per heavy atom. The topological polar surface area (TPSA) is 32.3 Å². The molecule has 0 saturated carbocycles. The maximum absolute atomic E-state index is 4.54. The zero-order valence-corrected chi connectivity index (χ0v) is 13.0. The second kappa shape index (κ2) is 5.20. The van der Waals surface area contributed by atoms with Gasteiger partial charge in [0.1, 0.15) is 0 Å². The predicted molar refractivity (Wildman–Crippen MR) is 86.4 cm³/mol. The zero-order chi connectivity index (χ0) is 15.0. The smallest absolute Gasteiger partial charge is 0.0990 e. The Morgan fingerprint density at radius 3 is 1.52 bits per heavy atom. The number of hydrogen-bond donors (Lipinski definition) is 0. The molecule has 2 aromatic rings. The van der Waals surface area contributed by atoms with E-state index < -0.39 is 0 Å². The Kier molecular flexibility index (Phi) is 3.37. The first-order chi connectivity index (χ1) is 10.0. The summed E-state index contributed by atoms with van der Waals surface area (Å²) < 4.78 is 0. The lowest BCUT2D eigenvalue weighted by Gasteiger charge is -2.23. The molecule has 108 valence electrons. The summed E-state index contributed by atoms with van der Waals surface area (Å²) >= 11 is 0. The molecule has 0 aromatic carbocycles. The van der Waals surface area contributed by atoms with Crippen LogP contribution < -0.4 is 9.80 Å². The van der Waals surface area contributed by atoms with E-state index in [0.717, 1.165) is 40.8 Å². The van der Waals surface area contributed by atoms with Gasteiger partial charge in [0.25, 0.3) is 0 Å². The highest BCUT2D eigenvalue weighted by molar-refractivity contribution is 5.62. The van der Waals surface area contributed by atoms with Gasteiger partial charge in [0.2, 0.25) is 0 Å². The average Bonchev–Trinajstić information content (AvgIpc) is 2.87. The van der Waals surface area contributed by atoms with Crippen molar-refractivity contribution in [2.24, 2.45) is 0 Å². The van der Waals surface area contributed by atoms with Crippen LogP contribution in [0, 0.1) is 27.7 Å². The number of nitrogens with zero attached hydrogens (tertiary/aromatic N) is 4. The van der Waals surface area contributed by atoms with Crippen molar-refractivity contribution in [1.29, 1.82) is 0 Å². The Hall–Kier alpha value is -2.36. The van der Waals surface area contributed by atoms with E-state index in [1.54, 1.807) is 0 Å². The minimum absolute atomic E-state index is 0.789. The van der Waals surface area contributed by atoms with Crippen LogP contribution in [0.1, 0.15) is 22.8 Å². The molecule has 21 heavy (non-hydrogen) atoms. The van der Waals surface area contributed by atoms with Crippen LogP contribution in [0.25, 0.3) is 0 Å². The van der Waals surface area contributed by atoms with E-state index in [1.165, 1.54) is 0 Å². The molecule has 4 heteroatoms. The summed E-state index contributed by atoms with van der Waals surface area (Å²) in [4.78, 5) is 13.5. The summed E-state index contributed by atoms with van der Waals surface area (Å²) in [6, 6.07) is 8.37. The summed E-state index contributed by atoms with van der Waals surface area (Å²) in [5.74, 6) is 0. The summed E-state index contributed by atoms with van der Waals surface area (Å²) in [6.45, 7) is 8.93. The second-order valence-electron chi connectivity index (χ2n) is 5.49. The number of pyridine rings is 2. The molecule has 3 heterocycles. The van der Waals surface area contributed by atoms with Gasteiger partial charge in [-0.25, -0.2) is 0 Å². The van der Waals surface area contributed by atoms with Gasteiger partial charge in [-0.05, 0) is 52.0 Å². The molecule has 3 rings (SSSR count). The molecular weight excluding hydrogens is 260 g/mol. The van der Waals surface area contributed by atoms with Gasteiger partial charge in [-0.3, -0.25) is 9.97 Å². The molecule has 0 amide bonds. The Labute approximate surface area is 125 Å². The van der Waals surface area contributed by atoms with Crippen LogP contribution in [0.3, 0.4) is 0 Å². The largest absolute Gasteiger partial charge is 0.326 e. The first kappa shape index (κ1) is 13.6. The van der Waals surface area contributed by atoms with Crippen LogP contribution in [0.15, 0.2) is 36.7 Å². The maximum Gasteiger partial charge on any atom is 0.0990 e. The summed E-state index contributed by atoms with van der Waals surface area (Å²) in [6.07, 6.45) is 4.19. The fraction of sp³-hybridized carbons (Fsp3) is 0.294. The van der Waals surface area contributed by atoms with Crippen molar-refractivity contribution < 1.29 is 0 Å². The van der Waals surface area contributed by atoms with Gasteiger partial charge in [-0.15, -0.1) is 0 Å². The summed E-state index contributed by atoms with van der Waals surface area (Å²) in [5.41, 5.74) is 6.51. The van der Waals surface area contributed by atoms with Gasteiger partial charge >= 0.3 is 0 Å². The minimum Gasteiger partial charge on any atom is -0.326 e. The SMILES string of the molecule is Cc1ccc(N2C=CN(c3ccc(C)nc3C)C2)c(C)n1. The molecule has 1 aliphatic rings. The third-order valence-corrected chi connectivity index (χ3v) is 3.74. The van der Waals surface area contributed by atoms with Crippen LogP contribution in [0.2, 0.25) is 0 Å². The van der Waals surface area contributed by atoms with Crippen LogP contribution in [-0.4, -0.2) is 16.6 Å². The van der Waals surface area contributed by atoms with Crippen LogP contribution in [-0.2, 0) is 0 Å². The third-order valence-electron chi connectivity index (χ3n) is 3.74. The first-order valence-corrected chi connectivity index (χ1v) is 7.15. The highest BCUT2D eigenvalue weighted by Crippen LogP contribution is 2.27. The molecule has 0 saturated heterocycles. The molecule has 1 aliphatic heterocycles. The number of anilines is 2. The van der Waals surface area contributed by atoms with Gasteiger partial charge in [0, 0.05) is 23.8 Å². The number of rotatable bonds is 2. The van der Waals surface area contributed by atoms with E-state index in [9.17, 15) is 0 Å². The Bertz CT molecular complexity index is 646. The van der Waals surface area contributed by atoms with E-state index in [4.69, 9.17) is 0 Å². The van der Waals surface area contributed by atoms with Gasteiger partial charge < -0.3 is 9.80 Å². The molecule has 0 aliphatic carbocycles. The van der Waals surface area contributed by atoms with Gasteiger partial charge in [-0.2, -0.15) is 0 Å². The third kappa shape index (κ3) is 2.61. The maximum atomic E-state index is 4.54. The monoisotopic (exact) mass is 280 g/mol. The van der Waals surface area contributed by atoms with Crippen molar-refractivity contribution in [3.63, 3.8) is 0 Å². The molecule has 4 nitrogen and oxygen atoms in total. The Morgan fingerprint density at radius 1 is 0.714 bits per heavy atom. The number of hydrogen-bond acceptors (Lipinski definition) is 4. The van der Waals surface area contributed by atoms with E-state index in [-0.39, 0.29) is 0 Å². The van der Waals surface area contributed by atoms with E-state index in [1.807, 2.05) is 13.8 Å². The minimum atomic E-state index is 0.789. The quantitative estimate of drug-likeness (QED) is 0.843. The lowest BCUT2D eigenvalue weighted by molar-refractivity contribution is 0.942. The first-order valence-electron chi connectivity index (χ1n) is 7.15. The van der Waals surface area contributed by atoms with Gasteiger partial charge in [0.15, 0.2) is 0 Å². The van der Waals surface area contributed by atoms with Crippen molar-refractivity contribution in [3.05, 3.63) is 59.4 Å². The lowest BCUT2D eigenvalue weighted by Crippen LogP contribution is -2.26. The van der Waals surface area contributed by atoms with Gasteiger partial charge in [-0.1, -0.05) is 0 Å². The van der Waals surface area contributed by atoms with Gasteiger partial charge in [0.05, 0.1) is 29.4 Å². The molecule has 0 radical (unpaired) electrons. The van der Waals surface area contributed by atoms with Crippen molar-refractivity contribution in [2.45, 2.75) is 27.7 Å². The summed E-state index contributed by atoms with van der Waals surface area (Å²) in [5, 5.41) is 0. The van der Waals surface area contributed by atoms with E-state index >= 15 is 0 Å². The fourth-order valence-corrected chi connectivity index (χ4v) is 2.70. The van der Waals surface area contributed by atoms with E-state index in [0.29, 0.717) is 0 Å². The van der Waals surface area contributed by atoms with Crippen LogP contribution in [0.5, 0.6) is 0 Å². The highest BCUT2D eigenvalue weighted by Gasteiger charge is 2.18. The van der Waals surface area contributed by atoms with Crippen LogP contribution >= 0.6 is 0 Å². The van der Waals surface area contributed by atoms with Crippen molar-refractivity contribution >= 4 is 11.4 Å². The Balaban J connectivity index is 1.84.